The monoisotopic (exact) mass is 291 g/mol. The van der Waals surface area contributed by atoms with Crippen LogP contribution in [0.5, 0.6) is 0 Å². The van der Waals surface area contributed by atoms with Gasteiger partial charge in [0.05, 0.1) is 0 Å². The topological polar surface area (TPSA) is 73.7 Å². The predicted molar refractivity (Wildman–Crippen MR) is 77.6 cm³/mol. The zero-order chi connectivity index (χ0) is 15.2. The highest BCUT2D eigenvalue weighted by Gasteiger charge is 2.26. The first kappa shape index (κ1) is 15.3. The number of hydrogen-bond acceptors (Lipinski definition) is 3. The Balaban J connectivity index is 1.91. The van der Waals surface area contributed by atoms with Crippen molar-refractivity contribution in [2.45, 2.75) is 25.8 Å². The molecule has 0 saturated carbocycles. The number of nitrogens with zero attached hydrogens (tertiary/aromatic N) is 3. The van der Waals surface area contributed by atoms with Crippen LogP contribution < -0.4 is 0 Å². The quantitative estimate of drug-likeness (QED) is 0.918. The average Bonchev–Trinajstić information content (AvgIpc) is 2.47. The summed E-state index contributed by atoms with van der Waals surface area (Å²) in [5.41, 5.74) is 0.979. The number of aromatic nitrogens is 1. The van der Waals surface area contributed by atoms with Crippen LogP contribution in [0.3, 0.4) is 0 Å². The molecule has 1 aliphatic heterocycles. The molecule has 2 amide bonds. The molecule has 21 heavy (non-hydrogen) atoms. The molecule has 114 valence electrons. The summed E-state index contributed by atoms with van der Waals surface area (Å²) in [7, 11) is 1.76. The van der Waals surface area contributed by atoms with Crippen molar-refractivity contribution in [2.75, 3.05) is 20.1 Å². The van der Waals surface area contributed by atoms with Gasteiger partial charge in [0.25, 0.3) is 0 Å². The van der Waals surface area contributed by atoms with Crippen LogP contribution >= 0.6 is 0 Å². The van der Waals surface area contributed by atoms with E-state index in [-0.39, 0.29) is 18.4 Å². The molecule has 6 heteroatoms. The number of rotatable bonds is 4. The fourth-order valence-corrected chi connectivity index (χ4v) is 2.73. The maximum absolute atomic E-state index is 12.4. The van der Waals surface area contributed by atoms with Gasteiger partial charge in [-0.2, -0.15) is 0 Å². The summed E-state index contributed by atoms with van der Waals surface area (Å²) in [5, 5.41) is 8.87. The number of urea groups is 1. The molecule has 1 aromatic rings. The standard InChI is InChI=1S/C15H21N3O3/c1-17(10-13-4-2-6-16-9-13)15(21)18-7-3-5-12(11-18)8-14(19)20/h2,4,6,9,12H,3,5,7-8,10-11H2,1H3,(H,19,20). The molecule has 0 aromatic carbocycles. The van der Waals surface area contributed by atoms with Gasteiger partial charge in [0, 0.05) is 45.5 Å². The van der Waals surface area contributed by atoms with E-state index in [4.69, 9.17) is 5.11 Å². The van der Waals surface area contributed by atoms with E-state index in [1.807, 2.05) is 12.1 Å². The number of carbonyl (C=O) groups excluding carboxylic acids is 1. The van der Waals surface area contributed by atoms with E-state index in [2.05, 4.69) is 4.98 Å². The van der Waals surface area contributed by atoms with E-state index in [1.54, 1.807) is 29.2 Å². The van der Waals surface area contributed by atoms with Gasteiger partial charge in [0.1, 0.15) is 0 Å². The maximum Gasteiger partial charge on any atom is 0.320 e. The SMILES string of the molecule is CN(Cc1cccnc1)C(=O)N1CCCC(CC(=O)O)C1. The third-order valence-electron chi connectivity index (χ3n) is 3.72. The van der Waals surface area contributed by atoms with E-state index in [1.165, 1.54) is 0 Å². The number of hydrogen-bond donors (Lipinski definition) is 1. The van der Waals surface area contributed by atoms with Gasteiger partial charge in [-0.1, -0.05) is 6.07 Å². The van der Waals surface area contributed by atoms with Gasteiger partial charge >= 0.3 is 12.0 Å². The lowest BCUT2D eigenvalue weighted by Gasteiger charge is -2.34. The summed E-state index contributed by atoms with van der Waals surface area (Å²) in [5.74, 6) is -0.731. The molecule has 1 aromatic heterocycles. The van der Waals surface area contributed by atoms with Crippen molar-refractivity contribution in [3.05, 3.63) is 30.1 Å². The Morgan fingerprint density at radius 1 is 1.52 bits per heavy atom. The zero-order valence-corrected chi connectivity index (χ0v) is 12.2. The van der Waals surface area contributed by atoms with Gasteiger partial charge in [0.15, 0.2) is 0 Å². The van der Waals surface area contributed by atoms with Crippen molar-refractivity contribution >= 4 is 12.0 Å². The van der Waals surface area contributed by atoms with Crippen LogP contribution in [0.1, 0.15) is 24.8 Å². The molecule has 0 spiro atoms. The molecule has 0 aliphatic carbocycles. The Labute approximate surface area is 124 Å². The summed E-state index contributed by atoms with van der Waals surface area (Å²) in [6.45, 7) is 1.74. The minimum atomic E-state index is -0.794. The van der Waals surface area contributed by atoms with Gasteiger partial charge in [-0.3, -0.25) is 9.78 Å². The lowest BCUT2D eigenvalue weighted by molar-refractivity contribution is -0.138. The lowest BCUT2D eigenvalue weighted by atomic mass is 9.95. The molecule has 1 saturated heterocycles. The number of amides is 2. The van der Waals surface area contributed by atoms with Crippen molar-refractivity contribution in [2.24, 2.45) is 5.92 Å². The molecular formula is C15H21N3O3. The normalized spacial score (nSPS) is 18.3. The fourth-order valence-electron chi connectivity index (χ4n) is 2.73. The number of pyridine rings is 1. The summed E-state index contributed by atoms with van der Waals surface area (Å²) in [4.78, 5) is 30.7. The van der Waals surface area contributed by atoms with Gasteiger partial charge in [-0.15, -0.1) is 0 Å². The Bertz CT molecular complexity index is 492. The Hall–Kier alpha value is -2.11. The summed E-state index contributed by atoms with van der Waals surface area (Å²) in [6, 6.07) is 3.73. The maximum atomic E-state index is 12.4. The molecule has 1 aliphatic rings. The van der Waals surface area contributed by atoms with Gasteiger partial charge in [-0.25, -0.2) is 4.79 Å². The molecule has 0 radical (unpaired) electrons. The van der Waals surface area contributed by atoms with Crippen LogP contribution in [0.2, 0.25) is 0 Å². The van der Waals surface area contributed by atoms with Crippen molar-refractivity contribution in [3.8, 4) is 0 Å². The number of carbonyl (C=O) groups is 2. The largest absolute Gasteiger partial charge is 0.481 e. The van der Waals surface area contributed by atoms with E-state index in [0.29, 0.717) is 19.6 Å². The second-order valence-electron chi connectivity index (χ2n) is 5.55. The van der Waals surface area contributed by atoms with Gasteiger partial charge in [-0.05, 0) is 30.4 Å². The second kappa shape index (κ2) is 7.06. The average molecular weight is 291 g/mol. The molecule has 2 heterocycles. The van der Waals surface area contributed by atoms with Crippen LogP contribution in [0.25, 0.3) is 0 Å². The molecule has 1 atom stereocenters. The first-order chi connectivity index (χ1) is 10.1. The first-order valence-electron chi connectivity index (χ1n) is 7.17. The van der Waals surface area contributed by atoms with Crippen LogP contribution in [-0.4, -0.2) is 52.0 Å². The third kappa shape index (κ3) is 4.44. The number of aliphatic carboxylic acids is 1. The van der Waals surface area contributed by atoms with Crippen molar-refractivity contribution in [1.29, 1.82) is 0 Å². The van der Waals surface area contributed by atoms with Crippen molar-refractivity contribution < 1.29 is 14.7 Å². The minimum absolute atomic E-state index is 0.0473. The van der Waals surface area contributed by atoms with E-state index < -0.39 is 5.97 Å². The smallest absolute Gasteiger partial charge is 0.320 e. The summed E-state index contributed by atoms with van der Waals surface area (Å²) >= 11 is 0. The Morgan fingerprint density at radius 2 is 2.33 bits per heavy atom. The van der Waals surface area contributed by atoms with Crippen molar-refractivity contribution in [1.82, 2.24) is 14.8 Å². The molecule has 2 rings (SSSR count). The Kier molecular flexibility index (Phi) is 5.14. The minimum Gasteiger partial charge on any atom is -0.481 e. The number of likely N-dealkylation sites (tertiary alicyclic amines) is 1. The highest BCUT2D eigenvalue weighted by atomic mass is 16.4. The van der Waals surface area contributed by atoms with Crippen LogP contribution in [0, 0.1) is 5.92 Å². The summed E-state index contributed by atoms with van der Waals surface area (Å²) < 4.78 is 0. The highest BCUT2D eigenvalue weighted by Crippen LogP contribution is 2.20. The number of piperidine rings is 1. The van der Waals surface area contributed by atoms with Gasteiger partial charge < -0.3 is 14.9 Å². The fraction of sp³-hybridized carbons (Fsp3) is 0.533. The summed E-state index contributed by atoms with van der Waals surface area (Å²) in [6.07, 6.45) is 5.32. The lowest BCUT2D eigenvalue weighted by Crippen LogP contribution is -2.46. The first-order valence-corrected chi connectivity index (χ1v) is 7.17. The second-order valence-corrected chi connectivity index (χ2v) is 5.55. The van der Waals surface area contributed by atoms with E-state index in [9.17, 15) is 9.59 Å². The molecule has 0 bridgehead atoms. The molecular weight excluding hydrogens is 270 g/mol. The van der Waals surface area contributed by atoms with Crippen LogP contribution in [0.4, 0.5) is 4.79 Å². The molecule has 1 N–H and O–H groups in total. The van der Waals surface area contributed by atoms with Gasteiger partial charge in [0.2, 0.25) is 0 Å². The van der Waals surface area contributed by atoms with Crippen LogP contribution in [-0.2, 0) is 11.3 Å². The van der Waals surface area contributed by atoms with Crippen molar-refractivity contribution in [3.63, 3.8) is 0 Å². The molecule has 1 fully saturated rings. The predicted octanol–water partition coefficient (Wildman–Crippen LogP) is 1.82. The van der Waals surface area contributed by atoms with E-state index in [0.717, 1.165) is 18.4 Å². The zero-order valence-electron chi connectivity index (χ0n) is 12.2. The van der Waals surface area contributed by atoms with Crippen LogP contribution in [0.15, 0.2) is 24.5 Å². The number of carboxylic acid groups (broad SMARTS) is 1. The number of carboxylic acids is 1. The Morgan fingerprint density at radius 3 is 3.00 bits per heavy atom. The molecule has 6 nitrogen and oxygen atoms in total. The molecule has 1 unspecified atom stereocenters. The van der Waals surface area contributed by atoms with E-state index >= 15 is 0 Å². The third-order valence-corrected chi connectivity index (χ3v) is 3.72. The highest BCUT2D eigenvalue weighted by molar-refractivity contribution is 5.74.